The first-order valence-corrected chi connectivity index (χ1v) is 7.87. The number of aromatic nitrogens is 1. The van der Waals surface area contributed by atoms with Crippen LogP contribution in [0.3, 0.4) is 0 Å². The average Bonchev–Trinajstić information content (AvgIpc) is 2.61. The van der Waals surface area contributed by atoms with Crippen LogP contribution in [0, 0.1) is 5.82 Å². The van der Waals surface area contributed by atoms with Gasteiger partial charge < -0.3 is 14.2 Å². The first-order chi connectivity index (χ1) is 12.5. The molecule has 7 nitrogen and oxygen atoms in total. The highest BCUT2D eigenvalue weighted by Gasteiger charge is 2.20. The molecule has 0 saturated heterocycles. The molecule has 1 atom stereocenters. The zero-order valence-corrected chi connectivity index (χ0v) is 14.6. The van der Waals surface area contributed by atoms with E-state index in [0.717, 1.165) is 12.1 Å². The summed E-state index contributed by atoms with van der Waals surface area (Å²) in [5, 5.41) is -0.0550. The molecule has 0 fully saturated rings. The van der Waals surface area contributed by atoms with Gasteiger partial charge in [-0.2, -0.15) is 4.99 Å². The van der Waals surface area contributed by atoms with Crippen molar-refractivity contribution in [3.63, 3.8) is 0 Å². The van der Waals surface area contributed by atoms with Gasteiger partial charge in [0.1, 0.15) is 11.4 Å². The van der Waals surface area contributed by atoms with E-state index >= 15 is 0 Å². The van der Waals surface area contributed by atoms with Gasteiger partial charge in [-0.15, -0.1) is 0 Å². The van der Waals surface area contributed by atoms with E-state index in [1.165, 1.54) is 25.3 Å². The molecule has 0 aliphatic carbocycles. The van der Waals surface area contributed by atoms with Crippen molar-refractivity contribution in [3.05, 3.63) is 41.3 Å². The van der Waals surface area contributed by atoms with Crippen LogP contribution in [0.4, 0.5) is 10.1 Å². The molecule has 1 heterocycles. The Bertz CT molecular complexity index is 855. The van der Waals surface area contributed by atoms with E-state index in [1.54, 1.807) is 13.0 Å². The van der Waals surface area contributed by atoms with Crippen molar-refractivity contribution in [2.75, 3.05) is 6.61 Å². The van der Waals surface area contributed by atoms with E-state index < -0.39 is 17.9 Å². The van der Waals surface area contributed by atoms with E-state index in [2.05, 4.69) is 9.98 Å². The fourth-order valence-corrected chi connectivity index (χ4v) is 2.06. The third kappa shape index (κ3) is 4.78. The van der Waals surface area contributed by atoms with Crippen molar-refractivity contribution in [2.24, 2.45) is 4.99 Å². The highest BCUT2D eigenvalue weighted by Crippen LogP contribution is 2.37. The molecule has 1 aromatic carbocycles. The largest absolute Gasteiger partial charge is 0.463 e. The maximum absolute atomic E-state index is 13.7. The van der Waals surface area contributed by atoms with Crippen LogP contribution in [-0.2, 0) is 14.3 Å². The van der Waals surface area contributed by atoms with Crippen LogP contribution in [0.15, 0.2) is 35.5 Å². The average molecular weight is 381 g/mol. The van der Waals surface area contributed by atoms with Crippen LogP contribution in [0.1, 0.15) is 13.8 Å². The Morgan fingerprint density at radius 1 is 1.42 bits per heavy atom. The number of esters is 1. The number of hydrogen-bond acceptors (Lipinski definition) is 7. The number of isocyanates is 1. The quantitative estimate of drug-likeness (QED) is 0.410. The number of carbonyl (C=O) groups excluding carboxylic acids is 2. The minimum atomic E-state index is -0.925. The fraction of sp³-hybridized carbons (Fsp3) is 0.235. The maximum Gasteiger partial charge on any atom is 0.347 e. The van der Waals surface area contributed by atoms with Crippen LogP contribution < -0.4 is 9.47 Å². The molecular weight excluding hydrogens is 367 g/mol. The molecule has 9 heteroatoms. The molecule has 0 amide bonds. The maximum atomic E-state index is 13.7. The molecule has 0 spiro atoms. The molecule has 0 aliphatic heterocycles. The van der Waals surface area contributed by atoms with Crippen LogP contribution in [-0.4, -0.2) is 29.7 Å². The third-order valence-electron chi connectivity index (χ3n) is 3.03. The summed E-state index contributed by atoms with van der Waals surface area (Å²) in [6.07, 6.45) is 1.76. The van der Waals surface area contributed by atoms with Gasteiger partial charge in [0, 0.05) is 12.3 Å². The van der Waals surface area contributed by atoms with Gasteiger partial charge in [-0.25, -0.2) is 19.0 Å². The number of pyridine rings is 1. The van der Waals surface area contributed by atoms with E-state index in [-0.39, 0.29) is 34.7 Å². The highest BCUT2D eigenvalue weighted by molar-refractivity contribution is 6.32. The van der Waals surface area contributed by atoms with E-state index in [4.69, 9.17) is 25.8 Å². The van der Waals surface area contributed by atoms with Crippen LogP contribution in [0.2, 0.25) is 5.02 Å². The van der Waals surface area contributed by atoms with E-state index in [0.29, 0.717) is 0 Å². The predicted octanol–water partition coefficient (Wildman–Crippen LogP) is 3.96. The normalized spacial score (nSPS) is 11.2. The molecule has 0 N–H and O–H groups in total. The van der Waals surface area contributed by atoms with Crippen molar-refractivity contribution >= 4 is 29.3 Å². The van der Waals surface area contributed by atoms with Gasteiger partial charge in [-0.1, -0.05) is 11.6 Å². The van der Waals surface area contributed by atoms with Crippen LogP contribution in [0.25, 0.3) is 0 Å². The lowest BCUT2D eigenvalue weighted by Crippen LogP contribution is -2.26. The molecule has 1 aromatic heterocycles. The lowest BCUT2D eigenvalue weighted by atomic mass is 10.3. The van der Waals surface area contributed by atoms with Gasteiger partial charge in [-0.05, 0) is 32.0 Å². The molecular formula is C17H14ClFN2O5. The molecule has 136 valence electrons. The van der Waals surface area contributed by atoms with Gasteiger partial charge in [0.2, 0.25) is 6.08 Å². The SMILES string of the molecule is CCOC(=O)C(C)Oc1ncccc1Oc1cc(N=C=O)c(F)cc1Cl. The highest BCUT2D eigenvalue weighted by atomic mass is 35.5. The van der Waals surface area contributed by atoms with Crippen molar-refractivity contribution < 1.29 is 28.2 Å². The van der Waals surface area contributed by atoms with E-state index in [1.807, 2.05) is 0 Å². The number of aliphatic imine (C=N–C) groups is 1. The predicted molar refractivity (Wildman–Crippen MR) is 90.2 cm³/mol. The summed E-state index contributed by atoms with van der Waals surface area (Å²) in [5.41, 5.74) is -0.286. The Morgan fingerprint density at radius 3 is 2.88 bits per heavy atom. The fourth-order valence-electron chi connectivity index (χ4n) is 1.87. The number of ether oxygens (including phenoxy) is 3. The van der Waals surface area contributed by atoms with Crippen molar-refractivity contribution in [3.8, 4) is 17.4 Å². The van der Waals surface area contributed by atoms with Crippen LogP contribution >= 0.6 is 11.6 Å². The van der Waals surface area contributed by atoms with Gasteiger partial charge in [0.15, 0.2) is 17.7 Å². The molecule has 2 rings (SSSR count). The summed E-state index contributed by atoms with van der Waals surface area (Å²) < 4.78 is 29.6. The minimum Gasteiger partial charge on any atom is -0.463 e. The number of halogens is 2. The summed E-state index contributed by atoms with van der Waals surface area (Å²) in [6.45, 7) is 3.39. The van der Waals surface area contributed by atoms with Crippen molar-refractivity contribution in [2.45, 2.75) is 20.0 Å². The summed E-state index contributed by atoms with van der Waals surface area (Å²) in [5.74, 6) is -1.22. The van der Waals surface area contributed by atoms with E-state index in [9.17, 15) is 14.0 Å². The Labute approximate surface area is 153 Å². The number of benzene rings is 1. The number of carbonyl (C=O) groups is 1. The molecule has 26 heavy (non-hydrogen) atoms. The number of nitrogens with zero attached hydrogens (tertiary/aromatic N) is 2. The van der Waals surface area contributed by atoms with Crippen molar-refractivity contribution in [1.29, 1.82) is 0 Å². The topological polar surface area (TPSA) is 87.1 Å². The number of rotatable bonds is 7. The first-order valence-electron chi connectivity index (χ1n) is 7.49. The second-order valence-electron chi connectivity index (χ2n) is 4.86. The molecule has 2 aromatic rings. The summed E-state index contributed by atoms with van der Waals surface area (Å²) >= 11 is 5.96. The Morgan fingerprint density at radius 2 is 2.19 bits per heavy atom. The lowest BCUT2D eigenvalue weighted by molar-refractivity contribution is -0.150. The summed E-state index contributed by atoms with van der Waals surface area (Å²) in [6, 6.07) is 5.17. The Kier molecular flexibility index (Phi) is 6.66. The smallest absolute Gasteiger partial charge is 0.347 e. The third-order valence-corrected chi connectivity index (χ3v) is 3.33. The summed E-state index contributed by atoms with van der Waals surface area (Å²) in [7, 11) is 0. The van der Waals surface area contributed by atoms with Gasteiger partial charge in [0.25, 0.3) is 5.88 Å². The second kappa shape index (κ2) is 8.94. The zero-order chi connectivity index (χ0) is 19.1. The monoisotopic (exact) mass is 380 g/mol. The van der Waals surface area contributed by atoms with Crippen LogP contribution in [0.5, 0.6) is 17.4 Å². The van der Waals surface area contributed by atoms with Crippen molar-refractivity contribution in [1.82, 2.24) is 4.98 Å². The second-order valence-corrected chi connectivity index (χ2v) is 5.27. The zero-order valence-electron chi connectivity index (χ0n) is 13.9. The van der Waals surface area contributed by atoms with Gasteiger partial charge >= 0.3 is 5.97 Å². The number of hydrogen-bond donors (Lipinski definition) is 0. The van der Waals surface area contributed by atoms with Gasteiger partial charge in [0.05, 0.1) is 11.6 Å². The lowest BCUT2D eigenvalue weighted by Gasteiger charge is -2.16. The first kappa shape index (κ1) is 19.4. The minimum absolute atomic E-state index is 0.00823. The molecule has 0 saturated carbocycles. The Balaban J connectivity index is 2.30. The molecule has 0 aliphatic rings. The molecule has 0 bridgehead atoms. The summed E-state index contributed by atoms with van der Waals surface area (Å²) in [4.78, 5) is 29.3. The molecule has 0 radical (unpaired) electrons. The molecule has 1 unspecified atom stereocenters. The van der Waals surface area contributed by atoms with Gasteiger partial charge in [-0.3, -0.25) is 0 Å². The Hall–Kier alpha value is -2.96. The standard InChI is InChI=1S/C17H14ClFN2O5/c1-3-24-17(23)10(2)25-16-14(5-4-6-20-16)26-15-8-13(21-9-22)12(19)7-11(15)18/h4-8,10H,3H2,1-2H3.